The Kier molecular flexibility index (Phi) is 3.52. The summed E-state index contributed by atoms with van der Waals surface area (Å²) in [5, 5.41) is 0. The lowest BCUT2D eigenvalue weighted by Crippen LogP contribution is -2.16. The molecule has 7 nitrogen and oxygen atoms in total. The Labute approximate surface area is 110 Å². The van der Waals surface area contributed by atoms with E-state index in [0.717, 1.165) is 0 Å². The normalized spacial score (nSPS) is 11.0. The minimum absolute atomic E-state index is 0.0213. The van der Waals surface area contributed by atoms with Crippen molar-refractivity contribution >= 4 is 21.7 Å². The summed E-state index contributed by atoms with van der Waals surface area (Å²) in [6.45, 7) is 0. The highest BCUT2D eigenvalue weighted by atomic mass is 32.2. The van der Waals surface area contributed by atoms with Gasteiger partial charge in [0.15, 0.2) is 0 Å². The molecule has 0 unspecified atom stereocenters. The van der Waals surface area contributed by atoms with Crippen LogP contribution in [0, 0.1) is 0 Å². The molecule has 0 atom stereocenters. The SMILES string of the molecule is COc1ccc(N)cc1S(=O)(=O)Nc1ncccn1. The Bertz CT molecular complexity index is 674. The number of sulfonamides is 1. The molecule has 1 heterocycles. The topological polar surface area (TPSA) is 107 Å². The first-order valence-electron chi connectivity index (χ1n) is 5.26. The first kappa shape index (κ1) is 13.1. The molecule has 8 heteroatoms. The van der Waals surface area contributed by atoms with E-state index in [0.29, 0.717) is 5.69 Å². The van der Waals surface area contributed by atoms with Gasteiger partial charge in [0.05, 0.1) is 7.11 Å². The summed E-state index contributed by atoms with van der Waals surface area (Å²) in [4.78, 5) is 7.52. The van der Waals surface area contributed by atoms with Gasteiger partial charge in [-0.1, -0.05) is 0 Å². The number of nitrogens with two attached hydrogens (primary N) is 1. The van der Waals surface area contributed by atoms with Gasteiger partial charge in [-0.2, -0.15) is 0 Å². The van der Waals surface area contributed by atoms with E-state index in [2.05, 4.69) is 14.7 Å². The van der Waals surface area contributed by atoms with Crippen molar-refractivity contribution in [3.63, 3.8) is 0 Å². The third-order valence-electron chi connectivity index (χ3n) is 2.27. The molecule has 0 saturated carbocycles. The summed E-state index contributed by atoms with van der Waals surface area (Å²) >= 11 is 0. The zero-order valence-corrected chi connectivity index (χ0v) is 10.9. The lowest BCUT2D eigenvalue weighted by molar-refractivity contribution is 0.403. The van der Waals surface area contributed by atoms with Crippen molar-refractivity contribution in [1.82, 2.24) is 9.97 Å². The van der Waals surface area contributed by atoms with Crippen LogP contribution in [0.5, 0.6) is 5.75 Å². The lowest BCUT2D eigenvalue weighted by atomic mass is 10.3. The molecule has 3 N–H and O–H groups in total. The van der Waals surface area contributed by atoms with Crippen LogP contribution >= 0.6 is 0 Å². The van der Waals surface area contributed by atoms with Crippen LogP contribution in [0.2, 0.25) is 0 Å². The summed E-state index contributed by atoms with van der Waals surface area (Å²) in [7, 11) is -2.48. The molecular weight excluding hydrogens is 268 g/mol. The van der Waals surface area contributed by atoms with Gasteiger partial charge < -0.3 is 10.5 Å². The molecular formula is C11H12N4O3S. The molecule has 0 spiro atoms. The second-order valence-electron chi connectivity index (χ2n) is 3.59. The van der Waals surface area contributed by atoms with Crippen molar-refractivity contribution in [2.75, 3.05) is 17.6 Å². The number of hydrogen-bond acceptors (Lipinski definition) is 6. The molecule has 100 valence electrons. The molecule has 2 aromatic rings. The lowest BCUT2D eigenvalue weighted by Gasteiger charge is -2.10. The fourth-order valence-electron chi connectivity index (χ4n) is 1.43. The third-order valence-corrected chi connectivity index (χ3v) is 3.62. The minimum atomic E-state index is -3.86. The summed E-state index contributed by atoms with van der Waals surface area (Å²) < 4.78 is 31.7. The average Bonchev–Trinajstić information content (AvgIpc) is 2.39. The van der Waals surface area contributed by atoms with Crippen LogP contribution < -0.4 is 15.2 Å². The molecule has 0 bridgehead atoms. The van der Waals surface area contributed by atoms with Gasteiger partial charge in [0.2, 0.25) is 5.95 Å². The van der Waals surface area contributed by atoms with Crippen LogP contribution in [-0.2, 0) is 10.0 Å². The highest BCUT2D eigenvalue weighted by Crippen LogP contribution is 2.26. The first-order valence-corrected chi connectivity index (χ1v) is 6.74. The Morgan fingerprint density at radius 2 is 1.95 bits per heavy atom. The van der Waals surface area contributed by atoms with E-state index in [1.807, 2.05) is 0 Å². The van der Waals surface area contributed by atoms with Gasteiger partial charge in [0.25, 0.3) is 10.0 Å². The number of benzene rings is 1. The molecule has 19 heavy (non-hydrogen) atoms. The quantitative estimate of drug-likeness (QED) is 0.805. The van der Waals surface area contributed by atoms with Crippen molar-refractivity contribution in [2.24, 2.45) is 0 Å². The van der Waals surface area contributed by atoms with Gasteiger partial charge in [-0.05, 0) is 24.3 Å². The first-order chi connectivity index (χ1) is 9.03. The highest BCUT2D eigenvalue weighted by Gasteiger charge is 2.20. The molecule has 0 radical (unpaired) electrons. The van der Waals surface area contributed by atoms with Gasteiger partial charge in [0.1, 0.15) is 10.6 Å². The van der Waals surface area contributed by atoms with Crippen molar-refractivity contribution in [3.8, 4) is 5.75 Å². The van der Waals surface area contributed by atoms with Crippen LogP contribution in [0.3, 0.4) is 0 Å². The maximum Gasteiger partial charge on any atom is 0.267 e. The smallest absolute Gasteiger partial charge is 0.267 e. The zero-order valence-electron chi connectivity index (χ0n) is 10.1. The standard InChI is InChI=1S/C11H12N4O3S/c1-18-9-4-3-8(12)7-10(9)19(16,17)15-11-13-5-2-6-14-11/h2-7H,12H2,1H3,(H,13,14,15). The van der Waals surface area contributed by atoms with Gasteiger partial charge in [0, 0.05) is 18.1 Å². The number of nitrogen functional groups attached to an aromatic ring is 1. The van der Waals surface area contributed by atoms with Gasteiger partial charge >= 0.3 is 0 Å². The number of ether oxygens (including phenoxy) is 1. The largest absolute Gasteiger partial charge is 0.495 e. The Balaban J connectivity index is 2.42. The molecule has 1 aromatic carbocycles. The summed E-state index contributed by atoms with van der Waals surface area (Å²) in [5.41, 5.74) is 5.91. The van der Waals surface area contributed by atoms with Crippen molar-refractivity contribution in [2.45, 2.75) is 4.90 Å². The summed E-state index contributed by atoms with van der Waals surface area (Å²) in [5.74, 6) is 0.171. The summed E-state index contributed by atoms with van der Waals surface area (Å²) in [6, 6.07) is 5.93. The zero-order chi connectivity index (χ0) is 13.9. The predicted molar refractivity (Wildman–Crippen MR) is 70.2 cm³/mol. The van der Waals surface area contributed by atoms with E-state index < -0.39 is 10.0 Å². The number of aromatic nitrogens is 2. The van der Waals surface area contributed by atoms with E-state index in [9.17, 15) is 8.42 Å². The second-order valence-corrected chi connectivity index (χ2v) is 5.24. The van der Waals surface area contributed by atoms with E-state index in [1.165, 1.54) is 31.6 Å². The molecule has 0 fully saturated rings. The van der Waals surface area contributed by atoms with Crippen molar-refractivity contribution < 1.29 is 13.2 Å². The van der Waals surface area contributed by atoms with Crippen LogP contribution in [0.25, 0.3) is 0 Å². The molecule has 1 aromatic heterocycles. The van der Waals surface area contributed by atoms with E-state index in [1.54, 1.807) is 12.1 Å². The molecule has 0 aliphatic rings. The fraction of sp³-hybridized carbons (Fsp3) is 0.0909. The molecule has 0 aliphatic carbocycles. The van der Waals surface area contributed by atoms with Crippen molar-refractivity contribution in [3.05, 3.63) is 36.7 Å². The van der Waals surface area contributed by atoms with Crippen LogP contribution in [0.15, 0.2) is 41.6 Å². The predicted octanol–water partition coefficient (Wildman–Crippen LogP) is 0.868. The average molecular weight is 280 g/mol. The number of methoxy groups -OCH3 is 1. The second kappa shape index (κ2) is 5.11. The number of hydrogen-bond donors (Lipinski definition) is 2. The Morgan fingerprint density at radius 1 is 1.26 bits per heavy atom. The number of nitrogens with zero attached hydrogens (tertiary/aromatic N) is 2. The fourth-order valence-corrected chi connectivity index (χ4v) is 2.59. The van der Waals surface area contributed by atoms with E-state index in [4.69, 9.17) is 10.5 Å². The Morgan fingerprint density at radius 3 is 2.58 bits per heavy atom. The van der Waals surface area contributed by atoms with Crippen molar-refractivity contribution in [1.29, 1.82) is 0 Å². The van der Waals surface area contributed by atoms with Gasteiger partial charge in [-0.15, -0.1) is 0 Å². The Hall–Kier alpha value is -2.35. The van der Waals surface area contributed by atoms with E-state index >= 15 is 0 Å². The van der Waals surface area contributed by atoms with Crippen LogP contribution in [-0.4, -0.2) is 25.5 Å². The minimum Gasteiger partial charge on any atom is -0.495 e. The third kappa shape index (κ3) is 2.91. The number of nitrogens with one attached hydrogen (secondary N) is 1. The highest BCUT2D eigenvalue weighted by molar-refractivity contribution is 7.92. The van der Waals surface area contributed by atoms with Crippen LogP contribution in [0.1, 0.15) is 0 Å². The van der Waals surface area contributed by atoms with E-state index in [-0.39, 0.29) is 16.6 Å². The molecule has 2 rings (SSSR count). The molecule has 0 saturated heterocycles. The monoisotopic (exact) mass is 280 g/mol. The number of anilines is 2. The van der Waals surface area contributed by atoms with Gasteiger partial charge in [-0.3, -0.25) is 0 Å². The maximum atomic E-state index is 12.2. The summed E-state index contributed by atoms with van der Waals surface area (Å²) in [6.07, 6.45) is 2.86. The molecule has 0 amide bonds. The van der Waals surface area contributed by atoms with Crippen LogP contribution in [0.4, 0.5) is 11.6 Å². The number of rotatable bonds is 4. The van der Waals surface area contributed by atoms with Gasteiger partial charge in [-0.25, -0.2) is 23.1 Å². The maximum absolute atomic E-state index is 12.2. The molecule has 0 aliphatic heterocycles.